The van der Waals surface area contributed by atoms with E-state index in [1.165, 1.54) is 0 Å². The zero-order valence-corrected chi connectivity index (χ0v) is 7.29. The summed E-state index contributed by atoms with van der Waals surface area (Å²) >= 11 is 0. The molecule has 0 aromatic heterocycles. The van der Waals surface area contributed by atoms with Gasteiger partial charge in [-0.15, -0.1) is 0 Å². The van der Waals surface area contributed by atoms with Gasteiger partial charge in [0.2, 0.25) is 0 Å². The molecule has 1 N–H and O–H groups in total. The van der Waals surface area contributed by atoms with Crippen molar-refractivity contribution in [1.82, 2.24) is 0 Å². The van der Waals surface area contributed by atoms with E-state index in [0.717, 1.165) is 0 Å². The Morgan fingerprint density at radius 2 is 1.73 bits per heavy atom. The Bertz CT molecular complexity index is 405. The molecule has 0 radical (unpaired) electrons. The minimum Gasteiger partial charge on any atom is -0.542 e. The van der Waals surface area contributed by atoms with Crippen molar-refractivity contribution >= 4 is 11.8 Å². The Morgan fingerprint density at radius 3 is 2.13 bits per heavy atom. The number of carboxylic acid groups (broad SMARTS) is 1. The summed E-state index contributed by atoms with van der Waals surface area (Å²) in [6.45, 7) is 0. The number of halogens is 2. The van der Waals surface area contributed by atoms with Crippen molar-refractivity contribution in [2.45, 2.75) is 6.42 Å². The van der Waals surface area contributed by atoms with Gasteiger partial charge in [0.25, 0.3) is 0 Å². The van der Waals surface area contributed by atoms with E-state index in [2.05, 4.69) is 0 Å². The summed E-state index contributed by atoms with van der Waals surface area (Å²) in [4.78, 5) is 20.7. The molecule has 1 aromatic rings. The van der Waals surface area contributed by atoms with E-state index in [-0.39, 0.29) is 0 Å². The van der Waals surface area contributed by atoms with Gasteiger partial charge in [0.15, 0.2) is 5.78 Å². The van der Waals surface area contributed by atoms with Crippen LogP contribution in [0.5, 0.6) is 5.75 Å². The second-order valence-corrected chi connectivity index (χ2v) is 2.78. The van der Waals surface area contributed by atoms with Crippen LogP contribution in [0.25, 0.3) is 0 Å². The average molecular weight is 215 g/mol. The van der Waals surface area contributed by atoms with Gasteiger partial charge in [-0.1, -0.05) is 0 Å². The lowest BCUT2D eigenvalue weighted by Gasteiger charge is -2.05. The standard InChI is InChI=1S/C9H6F2O4/c10-6-1-4(12)2-7(11)5(6)3-8(13)9(14)15/h1-2,12H,3H2,(H,14,15)/p-1. The number of phenols is 1. The van der Waals surface area contributed by atoms with E-state index in [1.807, 2.05) is 0 Å². The van der Waals surface area contributed by atoms with Gasteiger partial charge in [0, 0.05) is 24.1 Å². The topological polar surface area (TPSA) is 77.4 Å². The smallest absolute Gasteiger partial charge is 0.182 e. The number of rotatable bonds is 3. The molecule has 0 aliphatic rings. The maximum absolute atomic E-state index is 13.0. The molecule has 0 heterocycles. The molecule has 1 aromatic carbocycles. The number of hydrogen-bond acceptors (Lipinski definition) is 4. The third-order valence-electron chi connectivity index (χ3n) is 1.69. The van der Waals surface area contributed by atoms with Crippen molar-refractivity contribution in [3.8, 4) is 5.75 Å². The Balaban J connectivity index is 3.05. The second kappa shape index (κ2) is 4.04. The van der Waals surface area contributed by atoms with Crippen LogP contribution in [0, 0.1) is 11.6 Å². The van der Waals surface area contributed by atoms with Crippen LogP contribution in [0.15, 0.2) is 12.1 Å². The van der Waals surface area contributed by atoms with Gasteiger partial charge in [-0.3, -0.25) is 4.79 Å². The summed E-state index contributed by atoms with van der Waals surface area (Å²) in [6.07, 6.45) is -0.944. The van der Waals surface area contributed by atoms with Gasteiger partial charge in [0.1, 0.15) is 23.4 Å². The number of aliphatic carboxylic acids is 1. The minimum atomic E-state index is -2.01. The average Bonchev–Trinajstić information content (AvgIpc) is 2.10. The molecule has 15 heavy (non-hydrogen) atoms. The summed E-state index contributed by atoms with van der Waals surface area (Å²) < 4.78 is 25.9. The van der Waals surface area contributed by atoms with Crippen molar-refractivity contribution < 1.29 is 28.6 Å². The van der Waals surface area contributed by atoms with Crippen LogP contribution in [0.4, 0.5) is 8.78 Å². The lowest BCUT2D eigenvalue weighted by Crippen LogP contribution is -2.33. The molecule has 0 spiro atoms. The van der Waals surface area contributed by atoms with Gasteiger partial charge in [-0.2, -0.15) is 0 Å². The van der Waals surface area contributed by atoms with Crippen molar-refractivity contribution in [2.75, 3.05) is 0 Å². The Kier molecular flexibility index (Phi) is 2.99. The zero-order valence-electron chi connectivity index (χ0n) is 7.29. The number of benzene rings is 1. The third-order valence-corrected chi connectivity index (χ3v) is 1.69. The molecule has 0 aliphatic heterocycles. The predicted molar refractivity (Wildman–Crippen MR) is 41.7 cm³/mol. The molecular weight excluding hydrogens is 210 g/mol. The van der Waals surface area contributed by atoms with E-state index < -0.39 is 41.1 Å². The largest absolute Gasteiger partial charge is 0.542 e. The van der Waals surface area contributed by atoms with E-state index in [4.69, 9.17) is 5.11 Å². The number of phenolic OH excluding ortho intramolecular Hbond substituents is 1. The maximum atomic E-state index is 13.0. The van der Waals surface area contributed by atoms with Gasteiger partial charge in [-0.25, -0.2) is 8.78 Å². The van der Waals surface area contributed by atoms with Crippen molar-refractivity contribution in [2.24, 2.45) is 0 Å². The first-order valence-electron chi connectivity index (χ1n) is 3.83. The van der Waals surface area contributed by atoms with Crippen LogP contribution >= 0.6 is 0 Å². The lowest BCUT2D eigenvalue weighted by molar-refractivity contribution is -0.299. The molecule has 6 heteroatoms. The number of carboxylic acids is 1. The number of aromatic hydroxyl groups is 1. The van der Waals surface area contributed by atoms with Gasteiger partial charge in [0.05, 0.1) is 0 Å². The molecule has 0 bridgehead atoms. The Morgan fingerprint density at radius 1 is 1.27 bits per heavy atom. The number of ketones is 1. The third kappa shape index (κ3) is 2.49. The van der Waals surface area contributed by atoms with E-state index in [1.54, 1.807) is 0 Å². The normalized spacial score (nSPS) is 10.0. The van der Waals surface area contributed by atoms with Crippen LogP contribution in [0.3, 0.4) is 0 Å². The van der Waals surface area contributed by atoms with E-state index in [0.29, 0.717) is 12.1 Å². The molecule has 4 nitrogen and oxygen atoms in total. The van der Waals surface area contributed by atoms with Crippen LogP contribution in [-0.2, 0) is 16.0 Å². The quantitative estimate of drug-likeness (QED) is 0.691. The molecule has 0 unspecified atom stereocenters. The van der Waals surface area contributed by atoms with E-state index in [9.17, 15) is 23.5 Å². The van der Waals surface area contributed by atoms with Gasteiger partial charge >= 0.3 is 0 Å². The summed E-state index contributed by atoms with van der Waals surface area (Å²) in [5.41, 5.74) is -0.706. The fourth-order valence-corrected chi connectivity index (χ4v) is 0.991. The molecule has 0 fully saturated rings. The highest BCUT2D eigenvalue weighted by molar-refractivity contribution is 6.32. The van der Waals surface area contributed by atoms with Crippen molar-refractivity contribution in [1.29, 1.82) is 0 Å². The lowest BCUT2D eigenvalue weighted by atomic mass is 10.1. The number of carbonyl (C=O) groups excluding carboxylic acids is 2. The first-order chi connectivity index (χ1) is 6.91. The fourth-order valence-electron chi connectivity index (χ4n) is 0.991. The highest BCUT2D eigenvalue weighted by Gasteiger charge is 2.15. The molecule has 0 atom stereocenters. The van der Waals surface area contributed by atoms with Crippen molar-refractivity contribution in [3.05, 3.63) is 29.3 Å². The maximum Gasteiger partial charge on any atom is 0.182 e. The molecule has 0 aliphatic carbocycles. The molecular formula is C9H5F2O4-. The Hall–Kier alpha value is -1.98. The fraction of sp³-hybridized carbons (Fsp3) is 0.111. The molecule has 80 valence electrons. The van der Waals surface area contributed by atoms with Crippen LogP contribution < -0.4 is 5.11 Å². The summed E-state index contributed by atoms with van der Waals surface area (Å²) in [7, 11) is 0. The van der Waals surface area contributed by atoms with Gasteiger partial charge < -0.3 is 15.0 Å². The Labute approximate surface area is 82.8 Å². The van der Waals surface area contributed by atoms with Crippen molar-refractivity contribution in [3.63, 3.8) is 0 Å². The minimum absolute atomic E-state index is 0.584. The first kappa shape index (κ1) is 11.1. The highest BCUT2D eigenvalue weighted by Crippen LogP contribution is 2.19. The number of Topliss-reactive ketones (excluding diaryl/α,β-unsaturated/α-hetero) is 1. The number of carbonyl (C=O) groups is 2. The predicted octanol–water partition coefficient (Wildman–Crippen LogP) is -0.468. The summed E-state index contributed by atoms with van der Waals surface area (Å²) in [5, 5.41) is 18.8. The van der Waals surface area contributed by atoms with E-state index >= 15 is 0 Å². The molecule has 0 saturated carbocycles. The monoisotopic (exact) mass is 215 g/mol. The SMILES string of the molecule is O=C([O-])C(=O)Cc1c(F)cc(O)cc1F. The van der Waals surface area contributed by atoms with Crippen LogP contribution in [-0.4, -0.2) is 16.9 Å². The van der Waals surface area contributed by atoms with Crippen LogP contribution in [0.1, 0.15) is 5.56 Å². The molecule has 0 amide bonds. The first-order valence-corrected chi connectivity index (χ1v) is 3.83. The highest BCUT2D eigenvalue weighted by atomic mass is 19.1. The molecule has 1 rings (SSSR count). The summed E-state index contributed by atoms with van der Waals surface area (Å²) in [5.74, 6) is -6.45. The summed E-state index contributed by atoms with van der Waals surface area (Å²) in [6, 6.07) is 1.17. The second-order valence-electron chi connectivity index (χ2n) is 2.78. The van der Waals surface area contributed by atoms with Crippen LogP contribution in [0.2, 0.25) is 0 Å². The van der Waals surface area contributed by atoms with Gasteiger partial charge in [-0.05, 0) is 0 Å². The zero-order chi connectivity index (χ0) is 11.6. The number of hydrogen-bond donors (Lipinski definition) is 1. The molecule has 0 saturated heterocycles.